The van der Waals surface area contributed by atoms with Crippen molar-refractivity contribution >= 4 is 36.9 Å². The molecule has 0 amide bonds. The summed E-state index contributed by atoms with van der Waals surface area (Å²) in [5.41, 5.74) is 1.77. The van der Waals surface area contributed by atoms with Gasteiger partial charge in [0.15, 0.2) is 0 Å². The quantitative estimate of drug-likeness (QED) is 0.799. The van der Waals surface area contributed by atoms with Crippen molar-refractivity contribution in [2.45, 2.75) is 25.0 Å². The molecule has 3 rings (SSSR count). The maximum atomic E-state index is 13.2. The molecule has 1 aliphatic carbocycles. The molecule has 1 heterocycles. The third kappa shape index (κ3) is 2.10. The van der Waals surface area contributed by atoms with Gasteiger partial charge in [-0.3, -0.25) is 0 Å². The molecular formula is C16H16BrNO2S. The summed E-state index contributed by atoms with van der Waals surface area (Å²) in [7, 11) is -3.57. The van der Waals surface area contributed by atoms with Crippen LogP contribution in [0, 0.1) is 0 Å². The van der Waals surface area contributed by atoms with Gasteiger partial charge in [-0.15, -0.1) is 0 Å². The second kappa shape index (κ2) is 4.85. The van der Waals surface area contributed by atoms with Gasteiger partial charge in [0.2, 0.25) is 10.0 Å². The van der Waals surface area contributed by atoms with Gasteiger partial charge in [-0.2, -0.15) is 0 Å². The zero-order valence-corrected chi connectivity index (χ0v) is 14.3. The molecule has 0 N–H and O–H groups in total. The van der Waals surface area contributed by atoms with Gasteiger partial charge in [-0.1, -0.05) is 51.9 Å². The van der Waals surface area contributed by atoms with Crippen LogP contribution in [0.15, 0.2) is 58.7 Å². The zero-order valence-electron chi connectivity index (χ0n) is 11.9. The number of hydrogen-bond acceptors (Lipinski definition) is 2. The molecule has 0 saturated heterocycles. The minimum atomic E-state index is -3.57. The fraction of sp³-hybridized carbons (Fsp3) is 0.250. The van der Waals surface area contributed by atoms with Crippen LogP contribution in [-0.2, 0) is 10.0 Å². The van der Waals surface area contributed by atoms with E-state index >= 15 is 0 Å². The Kier molecular flexibility index (Phi) is 3.37. The number of allylic oxidation sites excluding steroid dienone is 3. The Balaban J connectivity index is 2.22. The van der Waals surface area contributed by atoms with Crippen molar-refractivity contribution in [1.29, 1.82) is 0 Å². The number of aromatic nitrogens is 1. The summed E-state index contributed by atoms with van der Waals surface area (Å²) in [5, 5.41) is 0.924. The first-order valence-electron chi connectivity index (χ1n) is 6.71. The summed E-state index contributed by atoms with van der Waals surface area (Å²) in [6.45, 7) is 3.73. The van der Waals surface area contributed by atoms with E-state index in [1.807, 2.05) is 49.4 Å². The Hall–Kier alpha value is -1.33. The van der Waals surface area contributed by atoms with Crippen LogP contribution in [0.4, 0.5) is 0 Å². The van der Waals surface area contributed by atoms with Crippen LogP contribution in [0.3, 0.4) is 0 Å². The molecule has 1 atom stereocenters. The fourth-order valence-electron chi connectivity index (χ4n) is 2.77. The zero-order chi connectivity index (χ0) is 15.3. The van der Waals surface area contributed by atoms with Gasteiger partial charge < -0.3 is 0 Å². The first-order chi connectivity index (χ1) is 9.86. The molecule has 0 aliphatic heterocycles. The van der Waals surface area contributed by atoms with Crippen molar-refractivity contribution in [2.75, 3.05) is 0 Å². The molecule has 2 aromatic rings. The van der Waals surface area contributed by atoms with Gasteiger partial charge in [0.05, 0.1) is 5.52 Å². The van der Waals surface area contributed by atoms with E-state index in [4.69, 9.17) is 0 Å². The van der Waals surface area contributed by atoms with Crippen LogP contribution in [0.5, 0.6) is 0 Å². The van der Waals surface area contributed by atoms with Crippen LogP contribution in [0.25, 0.3) is 10.9 Å². The summed E-state index contributed by atoms with van der Waals surface area (Å²) in [4.78, 5) is 0. The molecule has 0 fully saturated rings. The molecule has 0 spiro atoms. The second-order valence-electron chi connectivity index (χ2n) is 5.61. The van der Waals surface area contributed by atoms with Crippen LogP contribution >= 0.6 is 15.9 Å². The number of benzene rings is 1. The topological polar surface area (TPSA) is 39.1 Å². The lowest BCUT2D eigenvalue weighted by Crippen LogP contribution is -2.40. The van der Waals surface area contributed by atoms with E-state index in [1.54, 1.807) is 13.1 Å². The lowest BCUT2D eigenvalue weighted by atomic mass is 9.96. The Bertz CT molecular complexity index is 877. The number of fused-ring (bicyclic) bond motifs is 1. The molecule has 21 heavy (non-hydrogen) atoms. The highest BCUT2D eigenvalue weighted by atomic mass is 79.9. The summed E-state index contributed by atoms with van der Waals surface area (Å²) in [5.74, 6) is 0. The Morgan fingerprint density at radius 3 is 2.67 bits per heavy atom. The fourth-order valence-corrected chi connectivity index (χ4v) is 5.46. The maximum Gasteiger partial charge on any atom is 0.249 e. The van der Waals surface area contributed by atoms with Crippen molar-refractivity contribution in [2.24, 2.45) is 0 Å². The van der Waals surface area contributed by atoms with Gasteiger partial charge in [-0.05, 0) is 32.4 Å². The molecule has 1 aromatic heterocycles. The van der Waals surface area contributed by atoms with E-state index in [2.05, 4.69) is 15.9 Å². The molecule has 5 heteroatoms. The largest absolute Gasteiger partial charge is 0.249 e. The van der Waals surface area contributed by atoms with Crippen LogP contribution in [0.1, 0.15) is 20.3 Å². The predicted octanol–water partition coefficient (Wildman–Crippen LogP) is 4.21. The number of hydrogen-bond donors (Lipinski definition) is 0. The third-order valence-corrected chi connectivity index (χ3v) is 7.77. The van der Waals surface area contributed by atoms with E-state index in [0.29, 0.717) is 16.4 Å². The third-order valence-electron chi connectivity index (χ3n) is 4.03. The van der Waals surface area contributed by atoms with Crippen molar-refractivity contribution in [3.05, 3.63) is 58.7 Å². The first-order valence-corrected chi connectivity index (χ1v) is 8.94. The second-order valence-corrected chi connectivity index (χ2v) is 8.71. The van der Waals surface area contributed by atoms with Gasteiger partial charge >= 0.3 is 0 Å². The normalized spacial score (nSPS) is 23.0. The lowest BCUT2D eigenvalue weighted by Gasteiger charge is -2.32. The summed E-state index contributed by atoms with van der Waals surface area (Å²) < 4.78 is 27.5. The summed E-state index contributed by atoms with van der Waals surface area (Å²) in [6, 6.07) is 9.34. The van der Waals surface area contributed by atoms with Crippen LogP contribution < -0.4 is 0 Å². The Labute approximate surface area is 133 Å². The van der Waals surface area contributed by atoms with E-state index in [9.17, 15) is 8.42 Å². The number of para-hydroxylation sites is 1. The predicted molar refractivity (Wildman–Crippen MR) is 90.0 cm³/mol. The van der Waals surface area contributed by atoms with E-state index in [-0.39, 0.29) is 0 Å². The first kappa shape index (κ1) is 14.6. The van der Waals surface area contributed by atoms with E-state index in [1.165, 1.54) is 3.97 Å². The monoisotopic (exact) mass is 365 g/mol. The van der Waals surface area contributed by atoms with Crippen LogP contribution in [0.2, 0.25) is 0 Å². The van der Waals surface area contributed by atoms with Gasteiger partial charge in [-0.25, -0.2) is 12.4 Å². The lowest BCUT2D eigenvalue weighted by molar-refractivity contribution is 0.549. The highest BCUT2D eigenvalue weighted by Gasteiger charge is 2.44. The van der Waals surface area contributed by atoms with Crippen molar-refractivity contribution in [3.8, 4) is 0 Å². The maximum absolute atomic E-state index is 13.2. The van der Waals surface area contributed by atoms with Crippen molar-refractivity contribution in [3.63, 3.8) is 0 Å². The summed E-state index contributed by atoms with van der Waals surface area (Å²) in [6.07, 6.45) is 5.91. The number of nitrogens with zero attached hydrogens (tertiary/aromatic N) is 1. The standard InChI is InChI=1S/C16H16BrNO2S/c1-12-7-8-15(17)16(2,11-12)21(19,20)18-10-9-13-5-3-4-6-14(13)18/h3-10H,11H2,1-2H3. The summed E-state index contributed by atoms with van der Waals surface area (Å²) >= 11 is 3.45. The van der Waals surface area contributed by atoms with E-state index in [0.717, 1.165) is 11.0 Å². The smallest absolute Gasteiger partial charge is 0.244 e. The van der Waals surface area contributed by atoms with Crippen LogP contribution in [-0.4, -0.2) is 17.1 Å². The SMILES string of the molecule is CC1=CC=C(Br)C(C)(S(=O)(=O)n2ccc3ccccc32)C1. The highest BCUT2D eigenvalue weighted by molar-refractivity contribution is 9.12. The molecular weight excluding hydrogens is 350 g/mol. The van der Waals surface area contributed by atoms with Crippen molar-refractivity contribution in [1.82, 2.24) is 3.97 Å². The molecule has 0 saturated carbocycles. The molecule has 1 unspecified atom stereocenters. The van der Waals surface area contributed by atoms with Gasteiger partial charge in [0, 0.05) is 16.1 Å². The molecule has 1 aliphatic rings. The minimum Gasteiger partial charge on any atom is -0.244 e. The number of halogens is 1. The minimum absolute atomic E-state index is 0.485. The Morgan fingerprint density at radius 1 is 1.19 bits per heavy atom. The molecule has 1 aromatic carbocycles. The number of rotatable bonds is 2. The Morgan fingerprint density at radius 2 is 1.90 bits per heavy atom. The van der Waals surface area contributed by atoms with Gasteiger partial charge in [0.1, 0.15) is 4.75 Å². The average molecular weight is 366 g/mol. The molecule has 110 valence electrons. The van der Waals surface area contributed by atoms with E-state index < -0.39 is 14.8 Å². The van der Waals surface area contributed by atoms with Gasteiger partial charge in [0.25, 0.3) is 0 Å². The molecule has 3 nitrogen and oxygen atoms in total. The molecule has 0 bridgehead atoms. The highest BCUT2D eigenvalue weighted by Crippen LogP contribution is 2.41. The average Bonchev–Trinajstić information content (AvgIpc) is 2.87. The molecule has 0 radical (unpaired) electrons. The van der Waals surface area contributed by atoms with Crippen molar-refractivity contribution < 1.29 is 8.42 Å².